The van der Waals surface area contributed by atoms with Crippen molar-refractivity contribution in [1.29, 1.82) is 0 Å². The van der Waals surface area contributed by atoms with Crippen LogP contribution >= 0.6 is 0 Å². The number of hydrogen-bond donors (Lipinski definition) is 6. The fourth-order valence-corrected chi connectivity index (χ4v) is 4.86. The van der Waals surface area contributed by atoms with Crippen LogP contribution in [0.4, 0.5) is 0 Å². The molecule has 0 radical (unpaired) electrons. The van der Waals surface area contributed by atoms with Crippen LogP contribution in [-0.2, 0) is 32.0 Å². The van der Waals surface area contributed by atoms with Crippen LogP contribution in [0.3, 0.4) is 0 Å². The Hall–Kier alpha value is -4.45. The van der Waals surface area contributed by atoms with Crippen molar-refractivity contribution in [2.24, 2.45) is 27.9 Å². The molecule has 0 aliphatic carbocycles. The maximum absolute atomic E-state index is 13.4. The molecule has 4 amide bonds. The molecule has 0 aromatic heterocycles. The minimum atomic E-state index is -1.01. The van der Waals surface area contributed by atoms with E-state index in [1.54, 1.807) is 0 Å². The van der Waals surface area contributed by atoms with E-state index >= 15 is 0 Å². The molecule has 2 aromatic carbocycles. The van der Waals surface area contributed by atoms with E-state index in [0.29, 0.717) is 32.2 Å². The molecule has 1 heterocycles. The van der Waals surface area contributed by atoms with Crippen molar-refractivity contribution < 1.29 is 19.2 Å². The van der Waals surface area contributed by atoms with Crippen molar-refractivity contribution in [1.82, 2.24) is 15.5 Å². The van der Waals surface area contributed by atoms with E-state index < -0.39 is 41.9 Å². The molecular formula is C29H40N8O4. The topological polar surface area (TPSA) is 212 Å². The third-order valence-electron chi connectivity index (χ3n) is 6.98. The quantitative estimate of drug-likeness (QED) is 0.0985. The van der Waals surface area contributed by atoms with Gasteiger partial charge in [-0.2, -0.15) is 0 Å². The highest BCUT2D eigenvalue weighted by Crippen LogP contribution is 2.20. The molecule has 41 heavy (non-hydrogen) atoms. The summed E-state index contributed by atoms with van der Waals surface area (Å²) in [5.74, 6) is -2.15. The molecule has 3 rings (SSSR count). The Morgan fingerprint density at radius 1 is 0.878 bits per heavy atom. The number of nitrogens with zero attached hydrogens (tertiary/aromatic N) is 2. The lowest BCUT2D eigenvalue weighted by Gasteiger charge is -2.29. The number of aliphatic imine (C=N–C) groups is 1. The highest BCUT2D eigenvalue weighted by molar-refractivity contribution is 5.95. The van der Waals surface area contributed by atoms with Crippen LogP contribution in [0.1, 0.15) is 36.8 Å². The summed E-state index contributed by atoms with van der Waals surface area (Å²) in [5.41, 5.74) is 24.4. The first-order chi connectivity index (χ1) is 19.7. The predicted octanol–water partition coefficient (Wildman–Crippen LogP) is -0.701. The second-order valence-electron chi connectivity index (χ2n) is 10.1. The monoisotopic (exact) mass is 564 g/mol. The van der Waals surface area contributed by atoms with E-state index in [9.17, 15) is 19.2 Å². The van der Waals surface area contributed by atoms with E-state index in [1.165, 1.54) is 4.90 Å². The Morgan fingerprint density at radius 2 is 1.49 bits per heavy atom. The van der Waals surface area contributed by atoms with Gasteiger partial charge >= 0.3 is 0 Å². The number of nitrogens with two attached hydrogens (primary N) is 4. The standard InChI is InChI=1S/C29H40N8O4/c30-21(17-19-9-3-1-4-10-19)28(41)37-16-8-14-24(37)27(40)35-22(13-7-15-34-29(32)33)26(39)36-23(25(31)38)18-20-11-5-2-6-12-20/h1-6,9-12,21-24H,7-8,13-18,30H2,(H2,31,38)(H,35,40)(H,36,39)(H4,32,33,34). The van der Waals surface area contributed by atoms with Crippen LogP contribution in [-0.4, -0.2) is 71.7 Å². The summed E-state index contributed by atoms with van der Waals surface area (Å²) in [6.45, 7) is 0.634. The number of amides is 4. The number of hydrogen-bond acceptors (Lipinski definition) is 6. The Bertz CT molecular complexity index is 1200. The highest BCUT2D eigenvalue weighted by Gasteiger charge is 2.37. The third kappa shape index (κ3) is 9.60. The van der Waals surface area contributed by atoms with Gasteiger partial charge in [0.1, 0.15) is 18.1 Å². The summed E-state index contributed by atoms with van der Waals surface area (Å²) in [4.78, 5) is 57.5. The number of guanidine groups is 1. The van der Waals surface area contributed by atoms with Gasteiger partial charge in [-0.05, 0) is 43.2 Å². The smallest absolute Gasteiger partial charge is 0.243 e. The van der Waals surface area contributed by atoms with Crippen LogP contribution in [0, 0.1) is 0 Å². The summed E-state index contributed by atoms with van der Waals surface area (Å²) < 4.78 is 0. The van der Waals surface area contributed by atoms with Gasteiger partial charge in [0.15, 0.2) is 5.96 Å². The lowest BCUT2D eigenvalue weighted by molar-refractivity contribution is -0.140. The number of carbonyl (C=O) groups is 4. The maximum Gasteiger partial charge on any atom is 0.243 e. The maximum atomic E-state index is 13.4. The molecule has 2 aromatic rings. The summed E-state index contributed by atoms with van der Waals surface area (Å²) in [6.07, 6.45) is 2.18. The number of nitrogens with one attached hydrogen (secondary N) is 2. The summed E-state index contributed by atoms with van der Waals surface area (Å²) in [5, 5.41) is 5.46. The second kappa shape index (κ2) is 15.4. The number of benzene rings is 2. The van der Waals surface area contributed by atoms with Crippen molar-refractivity contribution in [2.75, 3.05) is 13.1 Å². The van der Waals surface area contributed by atoms with Gasteiger partial charge < -0.3 is 38.5 Å². The zero-order chi connectivity index (χ0) is 29.8. The van der Waals surface area contributed by atoms with Gasteiger partial charge in [0.25, 0.3) is 0 Å². The van der Waals surface area contributed by atoms with E-state index in [2.05, 4.69) is 15.6 Å². The van der Waals surface area contributed by atoms with Crippen LogP contribution in [0.15, 0.2) is 65.7 Å². The Kier molecular flexibility index (Phi) is 11.6. The molecule has 220 valence electrons. The molecular weight excluding hydrogens is 524 g/mol. The Labute approximate surface area is 239 Å². The van der Waals surface area contributed by atoms with E-state index in [4.69, 9.17) is 22.9 Å². The van der Waals surface area contributed by atoms with Crippen LogP contribution in [0.25, 0.3) is 0 Å². The van der Waals surface area contributed by atoms with E-state index in [-0.39, 0.29) is 31.3 Å². The molecule has 0 bridgehead atoms. The molecule has 1 aliphatic rings. The number of carbonyl (C=O) groups excluding carboxylic acids is 4. The highest BCUT2D eigenvalue weighted by atomic mass is 16.2. The first-order valence-electron chi connectivity index (χ1n) is 13.7. The molecule has 12 heteroatoms. The average Bonchev–Trinajstić information content (AvgIpc) is 3.45. The minimum Gasteiger partial charge on any atom is -0.370 e. The normalized spacial score (nSPS) is 16.7. The zero-order valence-electron chi connectivity index (χ0n) is 23.1. The van der Waals surface area contributed by atoms with E-state index in [1.807, 2.05) is 60.7 Å². The first-order valence-corrected chi connectivity index (χ1v) is 13.7. The molecule has 4 unspecified atom stereocenters. The van der Waals surface area contributed by atoms with Gasteiger partial charge in [-0.3, -0.25) is 24.2 Å². The summed E-state index contributed by atoms with van der Waals surface area (Å²) in [6, 6.07) is 15.0. The summed E-state index contributed by atoms with van der Waals surface area (Å²) >= 11 is 0. The van der Waals surface area contributed by atoms with Gasteiger partial charge in [0.05, 0.1) is 6.04 Å². The molecule has 4 atom stereocenters. The summed E-state index contributed by atoms with van der Waals surface area (Å²) in [7, 11) is 0. The molecule has 0 saturated carbocycles. The Morgan fingerprint density at radius 3 is 2.07 bits per heavy atom. The molecule has 1 saturated heterocycles. The lowest BCUT2D eigenvalue weighted by atomic mass is 10.0. The van der Waals surface area contributed by atoms with Gasteiger partial charge in [0, 0.05) is 19.5 Å². The largest absolute Gasteiger partial charge is 0.370 e. The van der Waals surface area contributed by atoms with Gasteiger partial charge in [-0.25, -0.2) is 0 Å². The van der Waals surface area contributed by atoms with Crippen molar-refractivity contribution in [3.8, 4) is 0 Å². The first kappa shape index (κ1) is 31.1. The molecule has 0 spiro atoms. The predicted molar refractivity (Wildman–Crippen MR) is 156 cm³/mol. The molecule has 1 fully saturated rings. The number of primary amides is 1. The fourth-order valence-electron chi connectivity index (χ4n) is 4.86. The SMILES string of the molecule is NC(=O)C(Cc1ccccc1)NC(=O)C(CCCN=C(N)N)NC(=O)C1CCCN1C(=O)C(N)Cc1ccccc1. The number of likely N-dealkylation sites (tertiary alicyclic amines) is 1. The average molecular weight is 565 g/mol. The lowest BCUT2D eigenvalue weighted by Crippen LogP contribution is -2.57. The van der Waals surface area contributed by atoms with Crippen LogP contribution in [0.2, 0.25) is 0 Å². The van der Waals surface area contributed by atoms with Crippen molar-refractivity contribution in [3.63, 3.8) is 0 Å². The van der Waals surface area contributed by atoms with E-state index in [0.717, 1.165) is 11.1 Å². The van der Waals surface area contributed by atoms with Crippen LogP contribution < -0.4 is 33.6 Å². The van der Waals surface area contributed by atoms with Crippen molar-refractivity contribution >= 4 is 29.6 Å². The van der Waals surface area contributed by atoms with Gasteiger partial charge in [-0.15, -0.1) is 0 Å². The van der Waals surface area contributed by atoms with Crippen molar-refractivity contribution in [3.05, 3.63) is 71.8 Å². The fraction of sp³-hybridized carbons (Fsp3) is 0.414. The molecule has 10 N–H and O–H groups in total. The molecule has 1 aliphatic heterocycles. The van der Waals surface area contributed by atoms with Crippen LogP contribution in [0.5, 0.6) is 0 Å². The number of rotatable bonds is 14. The second-order valence-corrected chi connectivity index (χ2v) is 10.1. The minimum absolute atomic E-state index is 0.0846. The third-order valence-corrected chi connectivity index (χ3v) is 6.98. The van der Waals surface area contributed by atoms with Gasteiger partial charge in [-0.1, -0.05) is 60.7 Å². The molecule has 12 nitrogen and oxygen atoms in total. The van der Waals surface area contributed by atoms with Crippen molar-refractivity contribution in [2.45, 2.75) is 62.7 Å². The zero-order valence-corrected chi connectivity index (χ0v) is 23.1. The van der Waals surface area contributed by atoms with Gasteiger partial charge in [0.2, 0.25) is 23.6 Å². The Balaban J connectivity index is 1.69.